The lowest BCUT2D eigenvalue weighted by Gasteiger charge is -2.20. The van der Waals surface area contributed by atoms with E-state index in [-0.39, 0.29) is 28.7 Å². The molecule has 1 amide bonds. The number of methoxy groups -OCH3 is 1. The first-order chi connectivity index (χ1) is 19.5. The maximum atomic E-state index is 13.7. The quantitative estimate of drug-likeness (QED) is 0.260. The van der Waals surface area contributed by atoms with Gasteiger partial charge in [0.15, 0.2) is 0 Å². The van der Waals surface area contributed by atoms with Gasteiger partial charge in [0, 0.05) is 36.5 Å². The number of carbonyl (C=O) groups excluding carboxylic acids is 1. The molecule has 1 aliphatic rings. The molecule has 3 heterocycles. The lowest BCUT2D eigenvalue weighted by molar-refractivity contribution is 0.0748. The van der Waals surface area contributed by atoms with E-state index < -0.39 is 0 Å². The Bertz CT molecular complexity index is 1660. The number of amides is 1. The summed E-state index contributed by atoms with van der Waals surface area (Å²) in [7, 11) is 1.62. The lowest BCUT2D eigenvalue weighted by Crippen LogP contribution is -2.26. The largest absolute Gasteiger partial charge is 0.508 e. The van der Waals surface area contributed by atoms with Crippen molar-refractivity contribution in [2.45, 2.75) is 19.6 Å². The van der Waals surface area contributed by atoms with Gasteiger partial charge >= 0.3 is 0 Å². The number of fused-ring (bicyclic) bond motifs is 1. The molecular weight excluding hydrogens is 506 g/mol. The fraction of sp³-hybridized carbons (Fsp3) is 0.129. The Morgan fingerprint density at radius 1 is 0.975 bits per heavy atom. The van der Waals surface area contributed by atoms with Gasteiger partial charge in [0.05, 0.1) is 37.3 Å². The molecule has 6 rings (SSSR count). The summed E-state index contributed by atoms with van der Waals surface area (Å²) >= 11 is 0. The molecule has 9 nitrogen and oxygen atoms in total. The van der Waals surface area contributed by atoms with E-state index in [0.717, 1.165) is 33.8 Å². The van der Waals surface area contributed by atoms with Gasteiger partial charge in [-0.15, -0.1) is 0 Å². The molecule has 0 unspecified atom stereocenters. The van der Waals surface area contributed by atoms with Crippen LogP contribution in [0.15, 0.2) is 91.1 Å². The van der Waals surface area contributed by atoms with E-state index in [0.29, 0.717) is 25.5 Å². The van der Waals surface area contributed by atoms with E-state index in [4.69, 9.17) is 9.84 Å². The number of ether oxygens (including phenoxy) is 1. The van der Waals surface area contributed by atoms with Crippen molar-refractivity contribution in [3.05, 3.63) is 114 Å². The summed E-state index contributed by atoms with van der Waals surface area (Å²) < 4.78 is 7.07. The summed E-state index contributed by atoms with van der Waals surface area (Å²) in [5, 5.41) is 29.3. The fourth-order valence-electron chi connectivity index (χ4n) is 4.87. The van der Waals surface area contributed by atoms with Crippen LogP contribution >= 0.6 is 0 Å². The molecule has 0 fully saturated rings. The number of carbonyl (C=O) groups is 1. The van der Waals surface area contributed by atoms with E-state index in [2.05, 4.69) is 10.3 Å². The molecule has 0 spiro atoms. The van der Waals surface area contributed by atoms with Gasteiger partial charge in [-0.3, -0.25) is 9.78 Å². The van der Waals surface area contributed by atoms with Crippen LogP contribution in [0.1, 0.15) is 27.2 Å². The number of hydrogen-bond donors (Lipinski definition) is 3. The summed E-state index contributed by atoms with van der Waals surface area (Å²) in [6.07, 6.45) is 1.70. The smallest absolute Gasteiger partial charge is 0.260 e. The van der Waals surface area contributed by atoms with Crippen LogP contribution in [-0.2, 0) is 19.6 Å². The van der Waals surface area contributed by atoms with Crippen molar-refractivity contribution in [2.75, 3.05) is 12.4 Å². The van der Waals surface area contributed by atoms with Crippen molar-refractivity contribution < 1.29 is 19.7 Å². The van der Waals surface area contributed by atoms with Gasteiger partial charge < -0.3 is 25.2 Å². The summed E-state index contributed by atoms with van der Waals surface area (Å²) in [6.45, 7) is 1.15. The number of phenols is 2. The third-order valence-corrected chi connectivity index (χ3v) is 6.89. The minimum atomic E-state index is -0.373. The second kappa shape index (κ2) is 10.5. The summed E-state index contributed by atoms with van der Waals surface area (Å²) in [6, 6.07) is 25.7. The van der Waals surface area contributed by atoms with Crippen molar-refractivity contribution in [1.29, 1.82) is 0 Å². The molecule has 2 aromatic heterocycles. The molecule has 5 aromatic rings. The maximum absolute atomic E-state index is 13.7. The lowest BCUT2D eigenvalue weighted by atomic mass is 10.1. The molecule has 3 aromatic carbocycles. The SMILES string of the molecule is COc1ccc(Cn2nc(-c3ccccc3)cc2Nc2cc(O)cc(O)c2C(=O)N2Cc3cccnc3C2)cc1. The maximum Gasteiger partial charge on any atom is 0.260 e. The van der Waals surface area contributed by atoms with Crippen molar-refractivity contribution in [3.8, 4) is 28.5 Å². The molecule has 9 heteroatoms. The normalized spacial score (nSPS) is 12.3. The van der Waals surface area contributed by atoms with Gasteiger partial charge in [-0.25, -0.2) is 4.68 Å². The highest BCUT2D eigenvalue weighted by atomic mass is 16.5. The zero-order chi connectivity index (χ0) is 27.6. The molecule has 0 bridgehead atoms. The van der Waals surface area contributed by atoms with Crippen LogP contribution in [-0.4, -0.2) is 42.9 Å². The Kier molecular flexibility index (Phi) is 6.53. The van der Waals surface area contributed by atoms with Crippen LogP contribution in [0.5, 0.6) is 17.2 Å². The Labute approximate surface area is 230 Å². The van der Waals surface area contributed by atoms with Gasteiger partial charge in [-0.2, -0.15) is 5.10 Å². The molecule has 1 aliphatic heterocycles. The predicted molar refractivity (Wildman–Crippen MR) is 151 cm³/mol. The monoisotopic (exact) mass is 533 g/mol. The predicted octanol–water partition coefficient (Wildman–Crippen LogP) is 5.31. The van der Waals surface area contributed by atoms with Crippen molar-refractivity contribution in [3.63, 3.8) is 0 Å². The third-order valence-electron chi connectivity index (χ3n) is 6.89. The first kappa shape index (κ1) is 25.0. The number of aromatic nitrogens is 3. The Balaban J connectivity index is 1.37. The van der Waals surface area contributed by atoms with E-state index in [1.165, 1.54) is 12.1 Å². The molecule has 200 valence electrons. The van der Waals surface area contributed by atoms with Crippen LogP contribution < -0.4 is 10.1 Å². The number of rotatable bonds is 7. The molecule has 0 atom stereocenters. The standard InChI is InChI=1S/C31H27N5O4/c1-40-24-11-9-20(10-12-24)17-36-29(16-25(34-36)21-6-3-2-4-7-21)33-26-14-23(37)15-28(38)30(26)31(39)35-18-22-8-5-13-32-27(22)19-35/h2-16,33,37-38H,17-19H2,1H3. The van der Waals surface area contributed by atoms with Gasteiger partial charge in [-0.05, 0) is 29.3 Å². The molecular formula is C31H27N5O4. The second-order valence-corrected chi connectivity index (χ2v) is 9.57. The van der Waals surface area contributed by atoms with Crippen molar-refractivity contribution in [1.82, 2.24) is 19.7 Å². The first-order valence-electron chi connectivity index (χ1n) is 12.8. The average molecular weight is 534 g/mol. The highest BCUT2D eigenvalue weighted by Crippen LogP contribution is 2.36. The number of aromatic hydroxyl groups is 2. The van der Waals surface area contributed by atoms with Gasteiger partial charge in [0.25, 0.3) is 5.91 Å². The van der Waals surface area contributed by atoms with Crippen LogP contribution in [0.25, 0.3) is 11.3 Å². The molecule has 40 heavy (non-hydrogen) atoms. The Hall–Kier alpha value is -5.31. The minimum Gasteiger partial charge on any atom is -0.508 e. The third kappa shape index (κ3) is 4.92. The molecule has 0 saturated carbocycles. The van der Waals surface area contributed by atoms with E-state index in [1.54, 1.807) is 22.9 Å². The average Bonchev–Trinajstić information content (AvgIpc) is 3.58. The molecule has 0 aliphatic carbocycles. The molecule has 3 N–H and O–H groups in total. The fourth-order valence-corrected chi connectivity index (χ4v) is 4.87. The minimum absolute atomic E-state index is 0.0593. The molecule has 0 radical (unpaired) electrons. The van der Waals surface area contributed by atoms with E-state index in [9.17, 15) is 15.0 Å². The summed E-state index contributed by atoms with van der Waals surface area (Å²) in [4.78, 5) is 19.7. The van der Waals surface area contributed by atoms with Gasteiger partial charge in [0.1, 0.15) is 28.6 Å². The number of nitrogens with zero attached hydrogens (tertiary/aromatic N) is 4. The second-order valence-electron chi connectivity index (χ2n) is 9.57. The Morgan fingerprint density at radius 2 is 1.77 bits per heavy atom. The van der Waals surface area contributed by atoms with E-state index >= 15 is 0 Å². The van der Waals surface area contributed by atoms with E-state index in [1.807, 2.05) is 72.8 Å². The number of anilines is 2. The van der Waals surface area contributed by atoms with Crippen LogP contribution in [0, 0.1) is 0 Å². The van der Waals surface area contributed by atoms with Crippen LogP contribution in [0.4, 0.5) is 11.5 Å². The zero-order valence-electron chi connectivity index (χ0n) is 21.8. The summed E-state index contributed by atoms with van der Waals surface area (Å²) in [5.41, 5.74) is 4.77. The van der Waals surface area contributed by atoms with Crippen LogP contribution in [0.2, 0.25) is 0 Å². The van der Waals surface area contributed by atoms with Crippen molar-refractivity contribution in [2.24, 2.45) is 0 Å². The van der Waals surface area contributed by atoms with Crippen LogP contribution in [0.3, 0.4) is 0 Å². The van der Waals surface area contributed by atoms with Gasteiger partial charge in [-0.1, -0.05) is 48.5 Å². The topological polar surface area (TPSA) is 113 Å². The number of phenolic OH excluding ortho intramolecular Hbond substituents is 2. The van der Waals surface area contributed by atoms with Crippen molar-refractivity contribution >= 4 is 17.4 Å². The number of hydrogen-bond acceptors (Lipinski definition) is 7. The highest BCUT2D eigenvalue weighted by molar-refractivity contribution is 6.03. The number of nitrogens with one attached hydrogen (secondary N) is 1. The first-order valence-corrected chi connectivity index (χ1v) is 12.8. The number of pyridine rings is 1. The molecule has 0 saturated heterocycles. The Morgan fingerprint density at radius 3 is 2.52 bits per heavy atom. The zero-order valence-corrected chi connectivity index (χ0v) is 21.8. The number of benzene rings is 3. The van der Waals surface area contributed by atoms with Gasteiger partial charge in [0.2, 0.25) is 0 Å². The highest BCUT2D eigenvalue weighted by Gasteiger charge is 2.29. The summed E-state index contributed by atoms with van der Waals surface area (Å²) in [5.74, 6) is 0.473.